The first kappa shape index (κ1) is 22.1. The van der Waals surface area contributed by atoms with Gasteiger partial charge in [0.2, 0.25) is 5.88 Å². The van der Waals surface area contributed by atoms with E-state index < -0.39 is 0 Å². The van der Waals surface area contributed by atoms with Crippen LogP contribution in [-0.4, -0.2) is 27.0 Å². The second-order valence-electron chi connectivity index (χ2n) is 7.51. The van der Waals surface area contributed by atoms with Gasteiger partial charge < -0.3 is 19.4 Å². The summed E-state index contributed by atoms with van der Waals surface area (Å²) in [4.78, 5) is 21.3. The van der Waals surface area contributed by atoms with Crippen LogP contribution in [0, 0.1) is 6.92 Å². The molecule has 7 nitrogen and oxygen atoms in total. The second kappa shape index (κ2) is 10.5. The normalized spacial score (nSPS) is 10.6. The lowest BCUT2D eigenvalue weighted by molar-refractivity contribution is 0.102. The molecule has 168 valence electrons. The Morgan fingerprint density at radius 2 is 1.67 bits per heavy atom. The van der Waals surface area contributed by atoms with Crippen molar-refractivity contribution in [3.05, 3.63) is 90.5 Å². The number of rotatable bonds is 9. The summed E-state index contributed by atoms with van der Waals surface area (Å²) in [6, 6.07) is 19.9. The Balaban J connectivity index is 1.37. The van der Waals surface area contributed by atoms with Gasteiger partial charge in [-0.15, -0.1) is 0 Å². The van der Waals surface area contributed by atoms with Crippen molar-refractivity contribution in [1.29, 1.82) is 0 Å². The maximum Gasteiger partial charge on any atom is 0.255 e. The summed E-state index contributed by atoms with van der Waals surface area (Å²) in [5, 5.41) is 2.89. The van der Waals surface area contributed by atoms with Crippen molar-refractivity contribution in [2.75, 3.05) is 11.9 Å². The number of carbonyl (C=O) groups is 1. The van der Waals surface area contributed by atoms with Crippen LogP contribution >= 0.6 is 0 Å². The van der Waals surface area contributed by atoms with E-state index in [0.29, 0.717) is 35.3 Å². The quantitative estimate of drug-likeness (QED) is 0.332. The van der Waals surface area contributed by atoms with E-state index in [1.54, 1.807) is 42.5 Å². The molecule has 2 heterocycles. The average molecular weight is 443 g/mol. The zero-order chi connectivity index (χ0) is 23.0. The van der Waals surface area contributed by atoms with Gasteiger partial charge in [-0.2, -0.15) is 4.98 Å². The molecule has 1 N–H and O–H groups in total. The standard InChI is InChI=1S/C26H26N4O3/c1-3-4-17-32-22-11-7-20(8-12-22)26(31)29-21-9-13-23(14-10-21)33-25-18-24(27-19(2)28-25)30-15-5-6-16-30/h5-16,18H,3-4,17H2,1-2H3,(H,29,31). The monoisotopic (exact) mass is 442 g/mol. The minimum Gasteiger partial charge on any atom is -0.494 e. The summed E-state index contributed by atoms with van der Waals surface area (Å²) in [6.07, 6.45) is 5.91. The largest absolute Gasteiger partial charge is 0.494 e. The van der Waals surface area contributed by atoms with Crippen LogP contribution in [0.1, 0.15) is 35.9 Å². The molecule has 4 rings (SSSR count). The molecule has 0 unspecified atom stereocenters. The van der Waals surface area contributed by atoms with E-state index >= 15 is 0 Å². The van der Waals surface area contributed by atoms with Crippen LogP contribution in [0.5, 0.6) is 17.4 Å². The zero-order valence-corrected chi connectivity index (χ0v) is 18.7. The Kier molecular flexibility index (Phi) is 6.99. The molecule has 0 aliphatic carbocycles. The van der Waals surface area contributed by atoms with Crippen molar-refractivity contribution in [3.8, 4) is 23.2 Å². The molecule has 0 bridgehead atoms. The topological polar surface area (TPSA) is 78.3 Å². The third-order valence-electron chi connectivity index (χ3n) is 4.89. The van der Waals surface area contributed by atoms with E-state index in [1.165, 1.54) is 0 Å². The van der Waals surface area contributed by atoms with Gasteiger partial charge in [-0.1, -0.05) is 13.3 Å². The first-order valence-electron chi connectivity index (χ1n) is 10.9. The van der Waals surface area contributed by atoms with E-state index in [0.717, 1.165) is 24.4 Å². The lowest BCUT2D eigenvalue weighted by Gasteiger charge is -2.10. The molecule has 0 radical (unpaired) electrons. The summed E-state index contributed by atoms with van der Waals surface area (Å²) in [6.45, 7) is 4.62. The fraction of sp³-hybridized carbons (Fsp3) is 0.192. The van der Waals surface area contributed by atoms with Gasteiger partial charge in [-0.3, -0.25) is 4.79 Å². The fourth-order valence-electron chi connectivity index (χ4n) is 3.16. The molecular formula is C26H26N4O3. The molecule has 1 amide bonds. The summed E-state index contributed by atoms with van der Waals surface area (Å²) >= 11 is 0. The molecule has 0 aliphatic heterocycles. The summed E-state index contributed by atoms with van der Waals surface area (Å²) in [5.41, 5.74) is 1.23. The van der Waals surface area contributed by atoms with Gasteiger partial charge in [-0.25, -0.2) is 4.98 Å². The van der Waals surface area contributed by atoms with Crippen LogP contribution in [0.4, 0.5) is 5.69 Å². The third-order valence-corrected chi connectivity index (χ3v) is 4.89. The minimum absolute atomic E-state index is 0.188. The van der Waals surface area contributed by atoms with Gasteiger partial charge in [0.1, 0.15) is 23.1 Å². The predicted molar refractivity (Wildman–Crippen MR) is 127 cm³/mol. The zero-order valence-electron chi connectivity index (χ0n) is 18.7. The van der Waals surface area contributed by atoms with Gasteiger partial charge in [0.05, 0.1) is 6.61 Å². The first-order valence-corrected chi connectivity index (χ1v) is 10.9. The Labute approximate surface area is 193 Å². The second-order valence-corrected chi connectivity index (χ2v) is 7.51. The molecule has 0 fully saturated rings. The third kappa shape index (κ3) is 5.98. The van der Waals surface area contributed by atoms with Crippen molar-refractivity contribution in [3.63, 3.8) is 0 Å². The highest BCUT2D eigenvalue weighted by molar-refractivity contribution is 6.04. The van der Waals surface area contributed by atoms with E-state index in [1.807, 2.05) is 48.1 Å². The Morgan fingerprint density at radius 3 is 2.36 bits per heavy atom. The number of aromatic nitrogens is 3. The number of carbonyl (C=O) groups excluding carboxylic acids is 1. The highest BCUT2D eigenvalue weighted by Crippen LogP contribution is 2.23. The van der Waals surface area contributed by atoms with Crippen molar-refractivity contribution in [1.82, 2.24) is 14.5 Å². The molecule has 0 spiro atoms. The maximum atomic E-state index is 12.5. The molecular weight excluding hydrogens is 416 g/mol. The number of aryl methyl sites for hydroxylation is 1. The predicted octanol–water partition coefficient (Wildman–Crippen LogP) is 5.80. The number of nitrogens with one attached hydrogen (secondary N) is 1. The summed E-state index contributed by atoms with van der Waals surface area (Å²) in [5.74, 6) is 2.98. The Hall–Kier alpha value is -4.13. The van der Waals surface area contributed by atoms with Gasteiger partial charge in [0.15, 0.2) is 0 Å². The van der Waals surface area contributed by atoms with Crippen LogP contribution in [0.25, 0.3) is 5.82 Å². The molecule has 2 aromatic carbocycles. The lowest BCUT2D eigenvalue weighted by atomic mass is 10.2. The van der Waals surface area contributed by atoms with E-state index in [9.17, 15) is 4.79 Å². The first-order chi connectivity index (χ1) is 16.1. The molecule has 2 aromatic heterocycles. The van der Waals surface area contributed by atoms with Crippen LogP contribution < -0.4 is 14.8 Å². The summed E-state index contributed by atoms with van der Waals surface area (Å²) in [7, 11) is 0. The number of anilines is 1. The highest BCUT2D eigenvalue weighted by Gasteiger charge is 2.08. The molecule has 33 heavy (non-hydrogen) atoms. The van der Waals surface area contributed by atoms with Crippen molar-refractivity contribution >= 4 is 11.6 Å². The van der Waals surface area contributed by atoms with E-state index in [2.05, 4.69) is 22.2 Å². The van der Waals surface area contributed by atoms with Gasteiger partial charge in [0, 0.05) is 29.7 Å². The van der Waals surface area contributed by atoms with Crippen LogP contribution in [0.3, 0.4) is 0 Å². The Bertz CT molecular complexity index is 1190. The number of nitrogens with zero attached hydrogens (tertiary/aromatic N) is 3. The molecule has 0 aliphatic rings. The van der Waals surface area contributed by atoms with Crippen LogP contribution in [-0.2, 0) is 0 Å². The van der Waals surface area contributed by atoms with Gasteiger partial charge >= 0.3 is 0 Å². The van der Waals surface area contributed by atoms with E-state index in [-0.39, 0.29) is 5.91 Å². The van der Waals surface area contributed by atoms with Crippen LogP contribution in [0.2, 0.25) is 0 Å². The minimum atomic E-state index is -0.188. The lowest BCUT2D eigenvalue weighted by Crippen LogP contribution is -2.11. The van der Waals surface area contributed by atoms with Gasteiger partial charge in [0.25, 0.3) is 5.91 Å². The smallest absolute Gasteiger partial charge is 0.255 e. The fourth-order valence-corrected chi connectivity index (χ4v) is 3.16. The number of ether oxygens (including phenoxy) is 2. The molecule has 0 saturated heterocycles. The number of unbranched alkanes of at least 4 members (excludes halogenated alkanes) is 1. The van der Waals surface area contributed by atoms with Crippen molar-refractivity contribution < 1.29 is 14.3 Å². The number of benzene rings is 2. The molecule has 4 aromatic rings. The van der Waals surface area contributed by atoms with E-state index in [4.69, 9.17) is 9.47 Å². The Morgan fingerprint density at radius 1 is 0.970 bits per heavy atom. The van der Waals surface area contributed by atoms with Crippen molar-refractivity contribution in [2.24, 2.45) is 0 Å². The number of amides is 1. The average Bonchev–Trinajstić information content (AvgIpc) is 3.36. The van der Waals surface area contributed by atoms with Gasteiger partial charge in [-0.05, 0) is 74.0 Å². The molecule has 0 atom stereocenters. The number of hydrogen-bond acceptors (Lipinski definition) is 5. The van der Waals surface area contributed by atoms with Crippen LogP contribution in [0.15, 0.2) is 79.1 Å². The van der Waals surface area contributed by atoms with Crippen molar-refractivity contribution in [2.45, 2.75) is 26.7 Å². The molecule has 0 saturated carbocycles. The highest BCUT2D eigenvalue weighted by atomic mass is 16.5. The molecule has 7 heteroatoms. The SMILES string of the molecule is CCCCOc1ccc(C(=O)Nc2ccc(Oc3cc(-n4cccc4)nc(C)n3)cc2)cc1. The number of hydrogen-bond donors (Lipinski definition) is 1. The summed E-state index contributed by atoms with van der Waals surface area (Å²) < 4.78 is 13.4. The maximum absolute atomic E-state index is 12.5.